The molecule has 0 fully saturated rings. The molecular formula is C18H19ClN4OS4. The first-order chi connectivity index (χ1) is 13.4. The fourth-order valence-corrected chi connectivity index (χ4v) is 6.81. The van der Waals surface area contributed by atoms with Crippen LogP contribution < -0.4 is 4.90 Å². The zero-order chi connectivity index (χ0) is 20.3. The molecule has 0 saturated heterocycles. The van der Waals surface area contributed by atoms with E-state index in [-0.39, 0.29) is 5.91 Å². The second-order valence-corrected chi connectivity index (χ2v) is 10.9. The van der Waals surface area contributed by atoms with Crippen molar-refractivity contribution in [2.24, 2.45) is 0 Å². The third kappa shape index (κ3) is 5.07. The molecule has 0 saturated carbocycles. The van der Waals surface area contributed by atoms with Gasteiger partial charge in [0.25, 0.3) is 0 Å². The summed E-state index contributed by atoms with van der Waals surface area (Å²) in [6.45, 7) is 7.56. The van der Waals surface area contributed by atoms with Crippen molar-refractivity contribution in [3.8, 4) is 0 Å². The second-order valence-electron chi connectivity index (χ2n) is 5.94. The van der Waals surface area contributed by atoms with Gasteiger partial charge < -0.3 is 0 Å². The first-order valence-electron chi connectivity index (χ1n) is 8.50. The van der Waals surface area contributed by atoms with Gasteiger partial charge in [0.2, 0.25) is 5.91 Å². The Morgan fingerprint density at radius 3 is 2.57 bits per heavy atom. The highest BCUT2D eigenvalue weighted by atomic mass is 35.5. The molecule has 0 aliphatic rings. The Balaban J connectivity index is 1.79. The minimum absolute atomic E-state index is 0.118. The van der Waals surface area contributed by atoms with Crippen molar-refractivity contribution in [3.63, 3.8) is 0 Å². The maximum absolute atomic E-state index is 12.4. The van der Waals surface area contributed by atoms with E-state index in [0.717, 1.165) is 31.3 Å². The standard InChI is InChI=1S/C18H19ClN4OS4/c1-5-25-17-21-22-18(28-17)27-9-13-8-26-16(20-13)23(12(4)24)15-11(3)6-10(2)7-14(15)19/h6-8H,5,9H2,1-4H3. The molecule has 1 amide bonds. The van der Waals surface area contributed by atoms with Crippen LogP contribution in [0.5, 0.6) is 0 Å². The molecule has 0 aliphatic heterocycles. The molecule has 0 N–H and O–H groups in total. The van der Waals surface area contributed by atoms with Crippen LogP contribution in [0.25, 0.3) is 0 Å². The van der Waals surface area contributed by atoms with Crippen LogP contribution in [0.4, 0.5) is 10.8 Å². The third-order valence-electron chi connectivity index (χ3n) is 3.67. The summed E-state index contributed by atoms with van der Waals surface area (Å²) in [6.07, 6.45) is 0. The van der Waals surface area contributed by atoms with E-state index in [9.17, 15) is 4.79 Å². The summed E-state index contributed by atoms with van der Waals surface area (Å²) < 4.78 is 1.91. The number of aromatic nitrogens is 3. The number of carbonyl (C=O) groups excluding carboxylic acids is 1. The number of amides is 1. The molecule has 0 unspecified atom stereocenters. The van der Waals surface area contributed by atoms with Crippen LogP contribution in [-0.2, 0) is 10.5 Å². The SMILES string of the molecule is CCSc1nnc(SCc2csc(N(C(C)=O)c3c(C)cc(C)cc3Cl)n2)s1. The van der Waals surface area contributed by atoms with Crippen LogP contribution in [0.3, 0.4) is 0 Å². The molecule has 0 spiro atoms. The Kier molecular flexibility index (Phi) is 7.38. The van der Waals surface area contributed by atoms with Crippen molar-refractivity contribution in [2.75, 3.05) is 10.7 Å². The number of aryl methyl sites for hydroxylation is 2. The lowest BCUT2D eigenvalue weighted by Crippen LogP contribution is -2.24. The predicted octanol–water partition coefficient (Wildman–Crippen LogP) is 6.35. The summed E-state index contributed by atoms with van der Waals surface area (Å²) in [5, 5.41) is 11.5. The molecule has 0 aliphatic carbocycles. The van der Waals surface area contributed by atoms with Gasteiger partial charge in [-0.1, -0.05) is 59.5 Å². The Labute approximate surface area is 185 Å². The van der Waals surface area contributed by atoms with Crippen molar-refractivity contribution < 1.29 is 4.79 Å². The van der Waals surface area contributed by atoms with Gasteiger partial charge >= 0.3 is 0 Å². The number of benzene rings is 1. The number of anilines is 2. The summed E-state index contributed by atoms with van der Waals surface area (Å²) in [5.41, 5.74) is 3.60. The summed E-state index contributed by atoms with van der Waals surface area (Å²) >= 11 is 12.8. The highest BCUT2D eigenvalue weighted by Crippen LogP contribution is 2.38. The molecule has 148 valence electrons. The van der Waals surface area contributed by atoms with Crippen LogP contribution in [0, 0.1) is 13.8 Å². The van der Waals surface area contributed by atoms with E-state index in [1.807, 2.05) is 31.4 Å². The molecule has 2 aromatic heterocycles. The zero-order valence-corrected chi connectivity index (χ0v) is 19.9. The number of carbonyl (C=O) groups is 1. The largest absolute Gasteiger partial charge is 0.274 e. The van der Waals surface area contributed by atoms with Gasteiger partial charge in [-0.25, -0.2) is 4.98 Å². The number of hydrogen-bond donors (Lipinski definition) is 0. The molecule has 28 heavy (non-hydrogen) atoms. The molecule has 3 aromatic rings. The summed E-state index contributed by atoms with van der Waals surface area (Å²) in [4.78, 5) is 18.7. The molecule has 5 nitrogen and oxygen atoms in total. The molecule has 0 atom stereocenters. The Morgan fingerprint density at radius 2 is 1.93 bits per heavy atom. The molecular weight excluding hydrogens is 452 g/mol. The van der Waals surface area contributed by atoms with Gasteiger partial charge in [-0.3, -0.25) is 9.69 Å². The molecule has 2 heterocycles. The second kappa shape index (κ2) is 9.58. The van der Waals surface area contributed by atoms with Gasteiger partial charge in [-0.15, -0.1) is 21.5 Å². The quantitative estimate of drug-likeness (QED) is 0.375. The lowest BCUT2D eigenvalue weighted by atomic mass is 10.1. The summed E-state index contributed by atoms with van der Waals surface area (Å²) in [6, 6.07) is 3.88. The van der Waals surface area contributed by atoms with Crippen molar-refractivity contribution in [3.05, 3.63) is 39.4 Å². The molecule has 0 radical (unpaired) electrons. The van der Waals surface area contributed by atoms with E-state index in [2.05, 4.69) is 22.1 Å². The number of halogens is 1. The van der Waals surface area contributed by atoms with Crippen molar-refractivity contribution in [2.45, 2.75) is 42.1 Å². The molecule has 0 bridgehead atoms. The summed E-state index contributed by atoms with van der Waals surface area (Å²) in [5.74, 6) is 1.54. The normalized spacial score (nSPS) is 11.0. The maximum atomic E-state index is 12.4. The number of thiazole rings is 1. The average Bonchev–Trinajstić information content (AvgIpc) is 3.25. The monoisotopic (exact) mass is 470 g/mol. The van der Waals surface area contributed by atoms with E-state index < -0.39 is 0 Å². The minimum atomic E-state index is -0.118. The molecule has 3 rings (SSSR count). The van der Waals surface area contributed by atoms with Crippen molar-refractivity contribution in [1.29, 1.82) is 0 Å². The first-order valence-corrected chi connectivity index (χ1v) is 12.5. The predicted molar refractivity (Wildman–Crippen MR) is 122 cm³/mol. The van der Waals surface area contributed by atoms with E-state index in [0.29, 0.717) is 21.6 Å². The average molecular weight is 471 g/mol. The minimum Gasteiger partial charge on any atom is -0.274 e. The van der Waals surface area contributed by atoms with Crippen LogP contribution in [0.15, 0.2) is 26.2 Å². The Hall–Kier alpha value is -1.13. The van der Waals surface area contributed by atoms with Gasteiger partial charge in [0, 0.05) is 18.1 Å². The van der Waals surface area contributed by atoms with Crippen LogP contribution in [0.2, 0.25) is 5.02 Å². The lowest BCUT2D eigenvalue weighted by Gasteiger charge is -2.22. The topological polar surface area (TPSA) is 59.0 Å². The summed E-state index contributed by atoms with van der Waals surface area (Å²) in [7, 11) is 0. The Morgan fingerprint density at radius 1 is 1.21 bits per heavy atom. The van der Waals surface area contributed by atoms with Crippen molar-refractivity contribution in [1.82, 2.24) is 15.2 Å². The fraction of sp³-hybridized carbons (Fsp3) is 0.333. The Bertz CT molecular complexity index is 965. The van der Waals surface area contributed by atoms with Gasteiger partial charge in [0.15, 0.2) is 13.8 Å². The lowest BCUT2D eigenvalue weighted by molar-refractivity contribution is -0.115. The van der Waals surface area contributed by atoms with Gasteiger partial charge in [0.1, 0.15) is 0 Å². The first kappa shape index (κ1) is 21.6. The highest BCUT2D eigenvalue weighted by molar-refractivity contribution is 8.02. The van der Waals surface area contributed by atoms with E-state index in [1.54, 1.807) is 39.8 Å². The third-order valence-corrected chi connectivity index (χ3v) is 7.94. The number of hydrogen-bond acceptors (Lipinski definition) is 8. The van der Waals surface area contributed by atoms with Gasteiger partial charge in [-0.05, 0) is 36.8 Å². The van der Waals surface area contributed by atoms with E-state index in [1.165, 1.54) is 18.3 Å². The van der Waals surface area contributed by atoms with Crippen LogP contribution >= 0.6 is 57.8 Å². The highest BCUT2D eigenvalue weighted by Gasteiger charge is 2.22. The number of thioether (sulfide) groups is 2. The maximum Gasteiger partial charge on any atom is 0.230 e. The molecule has 10 heteroatoms. The van der Waals surface area contributed by atoms with Gasteiger partial charge in [-0.2, -0.15) is 0 Å². The number of nitrogens with zero attached hydrogens (tertiary/aromatic N) is 4. The zero-order valence-electron chi connectivity index (χ0n) is 15.9. The van der Waals surface area contributed by atoms with E-state index >= 15 is 0 Å². The van der Waals surface area contributed by atoms with E-state index in [4.69, 9.17) is 11.6 Å². The van der Waals surface area contributed by atoms with Crippen LogP contribution in [0.1, 0.15) is 30.7 Å². The fourth-order valence-electron chi connectivity index (χ4n) is 2.62. The van der Waals surface area contributed by atoms with Crippen molar-refractivity contribution >= 4 is 74.5 Å². The van der Waals surface area contributed by atoms with Gasteiger partial charge in [0.05, 0.1) is 16.4 Å². The van der Waals surface area contributed by atoms with Crippen LogP contribution in [-0.4, -0.2) is 26.8 Å². The smallest absolute Gasteiger partial charge is 0.230 e. The molecule has 1 aromatic carbocycles. The number of rotatable bonds is 7.